The smallest absolute Gasteiger partial charge is 0.410 e. The highest BCUT2D eigenvalue weighted by Gasteiger charge is 2.38. The van der Waals surface area contributed by atoms with E-state index in [1.54, 1.807) is 15.7 Å². The zero-order chi connectivity index (χ0) is 16.5. The van der Waals surface area contributed by atoms with Crippen LogP contribution >= 0.6 is 11.6 Å². The first kappa shape index (κ1) is 17.1. The maximum Gasteiger partial charge on any atom is 0.410 e. The number of likely N-dealkylation sites (tertiary alicyclic amines) is 1. The zero-order valence-electron chi connectivity index (χ0n) is 13.9. The van der Waals surface area contributed by atoms with E-state index in [0.29, 0.717) is 24.8 Å². The molecule has 0 aliphatic carbocycles. The molecule has 0 spiro atoms. The molecule has 124 valence electrons. The molecular weight excluding hydrogens is 306 g/mol. The Morgan fingerprint density at radius 2 is 2.18 bits per heavy atom. The van der Waals surface area contributed by atoms with Gasteiger partial charge in [0.05, 0.1) is 18.3 Å². The molecule has 1 atom stereocenters. The molecule has 2 heterocycles. The van der Waals surface area contributed by atoms with E-state index in [2.05, 4.69) is 4.98 Å². The van der Waals surface area contributed by atoms with Crippen molar-refractivity contribution in [3.8, 4) is 0 Å². The third-order valence-electron chi connectivity index (χ3n) is 3.67. The molecule has 6 nitrogen and oxygen atoms in total. The van der Waals surface area contributed by atoms with Crippen LogP contribution in [0.3, 0.4) is 0 Å². The summed E-state index contributed by atoms with van der Waals surface area (Å²) in [5.41, 5.74) is -0.879. The number of carbonyl (C=O) groups excluding carboxylic acids is 1. The van der Waals surface area contributed by atoms with E-state index in [1.807, 2.05) is 34.7 Å². The Labute approximate surface area is 136 Å². The molecule has 0 bridgehead atoms. The molecule has 22 heavy (non-hydrogen) atoms. The molecular formula is C15H24ClN3O3. The number of carbonyl (C=O) groups is 1. The summed E-state index contributed by atoms with van der Waals surface area (Å²) >= 11 is 5.96. The largest absolute Gasteiger partial charge is 0.444 e. The van der Waals surface area contributed by atoms with Gasteiger partial charge in [-0.1, -0.05) is 11.6 Å². The van der Waals surface area contributed by atoms with Gasteiger partial charge in [0, 0.05) is 13.6 Å². The van der Waals surface area contributed by atoms with E-state index < -0.39 is 11.2 Å². The van der Waals surface area contributed by atoms with E-state index >= 15 is 0 Å². The van der Waals surface area contributed by atoms with Crippen LogP contribution in [0.25, 0.3) is 0 Å². The highest BCUT2D eigenvalue weighted by atomic mass is 35.5. The van der Waals surface area contributed by atoms with E-state index in [9.17, 15) is 4.79 Å². The molecule has 1 saturated heterocycles. The lowest BCUT2D eigenvalue weighted by atomic mass is 10.1. The van der Waals surface area contributed by atoms with Gasteiger partial charge in [-0.2, -0.15) is 0 Å². The molecule has 0 radical (unpaired) electrons. The maximum atomic E-state index is 12.1. The van der Waals surface area contributed by atoms with Crippen LogP contribution in [0.1, 0.15) is 39.9 Å². The summed E-state index contributed by atoms with van der Waals surface area (Å²) in [6, 6.07) is 0. The Kier molecular flexibility index (Phi) is 4.73. The quantitative estimate of drug-likeness (QED) is 0.855. The predicted molar refractivity (Wildman–Crippen MR) is 83.8 cm³/mol. The van der Waals surface area contributed by atoms with Crippen LogP contribution in [0.2, 0.25) is 5.15 Å². The Balaban J connectivity index is 1.90. The van der Waals surface area contributed by atoms with Crippen molar-refractivity contribution in [2.75, 3.05) is 13.1 Å². The Hall–Kier alpha value is -1.27. The number of ether oxygens (including phenoxy) is 2. The van der Waals surface area contributed by atoms with Gasteiger partial charge >= 0.3 is 6.09 Å². The second-order valence-electron chi connectivity index (χ2n) is 6.95. The lowest BCUT2D eigenvalue weighted by Crippen LogP contribution is -2.39. The zero-order valence-corrected chi connectivity index (χ0v) is 14.6. The minimum absolute atomic E-state index is 0.292. The van der Waals surface area contributed by atoms with Crippen molar-refractivity contribution in [2.45, 2.75) is 51.9 Å². The second-order valence-corrected chi connectivity index (χ2v) is 7.33. The minimum Gasteiger partial charge on any atom is -0.444 e. The Bertz CT molecular complexity index is 553. The van der Waals surface area contributed by atoms with Crippen LogP contribution in [0, 0.1) is 0 Å². The topological polar surface area (TPSA) is 56.6 Å². The van der Waals surface area contributed by atoms with Gasteiger partial charge in [0.2, 0.25) is 0 Å². The van der Waals surface area contributed by atoms with E-state index in [-0.39, 0.29) is 6.09 Å². The number of hydrogen-bond acceptors (Lipinski definition) is 4. The van der Waals surface area contributed by atoms with Gasteiger partial charge in [-0.05, 0) is 34.1 Å². The average molecular weight is 330 g/mol. The van der Waals surface area contributed by atoms with Crippen LogP contribution in [0.15, 0.2) is 6.20 Å². The summed E-state index contributed by atoms with van der Waals surface area (Å²) < 4.78 is 13.2. The van der Waals surface area contributed by atoms with Crippen molar-refractivity contribution in [1.29, 1.82) is 0 Å². The fourth-order valence-electron chi connectivity index (χ4n) is 2.33. The van der Waals surface area contributed by atoms with Gasteiger partial charge in [0.1, 0.15) is 23.2 Å². The summed E-state index contributed by atoms with van der Waals surface area (Å²) in [5.74, 6) is 0.766. The monoisotopic (exact) mass is 329 g/mol. The van der Waals surface area contributed by atoms with Crippen molar-refractivity contribution in [3.05, 3.63) is 17.2 Å². The standard InChI is InChI=1S/C15H24ClN3O3/c1-14(2,3)22-13(20)19-7-6-15(4,10-19)21-9-12-17-8-11(16)18(12)5/h8H,6-7,9-10H2,1-5H3. The number of hydrogen-bond donors (Lipinski definition) is 0. The average Bonchev–Trinajstić information content (AvgIpc) is 2.92. The highest BCUT2D eigenvalue weighted by Crippen LogP contribution is 2.27. The van der Waals surface area contributed by atoms with Crippen molar-refractivity contribution in [3.63, 3.8) is 0 Å². The molecule has 0 N–H and O–H groups in total. The fraction of sp³-hybridized carbons (Fsp3) is 0.733. The van der Waals surface area contributed by atoms with E-state index in [0.717, 1.165) is 12.2 Å². The van der Waals surface area contributed by atoms with Gasteiger partial charge in [0.15, 0.2) is 0 Å². The molecule has 1 aromatic rings. The molecule has 1 aliphatic heterocycles. The van der Waals surface area contributed by atoms with Gasteiger partial charge in [-0.15, -0.1) is 0 Å². The van der Waals surface area contributed by atoms with Crippen molar-refractivity contribution >= 4 is 17.7 Å². The molecule has 2 rings (SSSR count). The Morgan fingerprint density at radius 3 is 2.73 bits per heavy atom. The molecule has 1 unspecified atom stereocenters. The summed E-state index contributed by atoms with van der Waals surface area (Å²) in [6.07, 6.45) is 2.08. The molecule has 1 amide bonds. The summed E-state index contributed by atoms with van der Waals surface area (Å²) in [4.78, 5) is 18.0. The summed E-state index contributed by atoms with van der Waals surface area (Å²) in [5, 5.41) is 0.575. The summed E-state index contributed by atoms with van der Waals surface area (Å²) in [7, 11) is 1.85. The van der Waals surface area contributed by atoms with Crippen LogP contribution in [-0.4, -0.2) is 44.8 Å². The van der Waals surface area contributed by atoms with Gasteiger partial charge < -0.3 is 18.9 Å². The molecule has 1 aliphatic rings. The first-order chi connectivity index (χ1) is 10.1. The molecule has 0 aromatic carbocycles. The fourth-order valence-corrected chi connectivity index (χ4v) is 2.48. The number of nitrogens with zero attached hydrogens (tertiary/aromatic N) is 3. The van der Waals surface area contributed by atoms with Crippen LogP contribution < -0.4 is 0 Å². The second kappa shape index (κ2) is 6.08. The number of imidazole rings is 1. The molecule has 0 saturated carbocycles. The van der Waals surface area contributed by atoms with Crippen molar-refractivity contribution in [1.82, 2.24) is 14.5 Å². The number of aromatic nitrogens is 2. The number of rotatable bonds is 3. The molecule has 1 aromatic heterocycles. The predicted octanol–water partition coefficient (Wildman–Crippen LogP) is 2.99. The SMILES string of the molecule is Cn1c(Cl)cnc1COC1(C)CCN(C(=O)OC(C)(C)C)C1. The molecule has 1 fully saturated rings. The highest BCUT2D eigenvalue weighted by molar-refractivity contribution is 6.29. The van der Waals surface area contributed by atoms with E-state index in [4.69, 9.17) is 21.1 Å². The van der Waals surface area contributed by atoms with Gasteiger partial charge in [0.25, 0.3) is 0 Å². The van der Waals surface area contributed by atoms with Crippen LogP contribution in [-0.2, 0) is 23.1 Å². The first-order valence-corrected chi connectivity index (χ1v) is 7.75. The van der Waals surface area contributed by atoms with Crippen molar-refractivity contribution < 1.29 is 14.3 Å². The summed E-state index contributed by atoms with van der Waals surface area (Å²) in [6.45, 7) is 9.10. The minimum atomic E-state index is -0.485. The third kappa shape index (κ3) is 4.14. The van der Waals surface area contributed by atoms with E-state index in [1.165, 1.54) is 0 Å². The normalized spacial score (nSPS) is 22.2. The maximum absolute atomic E-state index is 12.1. The Morgan fingerprint density at radius 1 is 1.50 bits per heavy atom. The lowest BCUT2D eigenvalue weighted by Gasteiger charge is -2.27. The van der Waals surface area contributed by atoms with Gasteiger partial charge in [-0.25, -0.2) is 9.78 Å². The van der Waals surface area contributed by atoms with Crippen molar-refractivity contribution in [2.24, 2.45) is 7.05 Å². The van der Waals surface area contributed by atoms with Crippen LogP contribution in [0.4, 0.5) is 4.79 Å². The molecule has 7 heteroatoms. The number of halogens is 1. The lowest BCUT2D eigenvalue weighted by molar-refractivity contribution is -0.0407. The first-order valence-electron chi connectivity index (χ1n) is 7.38. The van der Waals surface area contributed by atoms with Gasteiger partial charge in [-0.3, -0.25) is 0 Å². The third-order valence-corrected chi connectivity index (χ3v) is 4.02. The van der Waals surface area contributed by atoms with Crippen LogP contribution in [0.5, 0.6) is 0 Å². The number of amides is 1.